The minimum atomic E-state index is -0.475. The second kappa shape index (κ2) is 11.2. The number of aryl methyl sites for hydroxylation is 2. The number of carbonyl (C=O) groups is 3. The summed E-state index contributed by atoms with van der Waals surface area (Å²) >= 11 is 0. The molecule has 0 bridgehead atoms. The summed E-state index contributed by atoms with van der Waals surface area (Å²) in [5.74, 6) is 0.171. The molecule has 0 fully saturated rings. The molecule has 0 aliphatic carbocycles. The summed E-state index contributed by atoms with van der Waals surface area (Å²) in [7, 11) is 0. The lowest BCUT2D eigenvalue weighted by Gasteiger charge is -2.21. The highest BCUT2D eigenvalue weighted by atomic mass is 16.7. The van der Waals surface area contributed by atoms with Crippen molar-refractivity contribution >= 4 is 23.5 Å². The Bertz CT molecular complexity index is 975. The topological polar surface area (TPSA) is 94.2 Å². The number of rotatable bonds is 10. The molecule has 2 aromatic rings. The summed E-state index contributed by atoms with van der Waals surface area (Å²) < 4.78 is 15.7. The van der Waals surface area contributed by atoms with E-state index in [-0.39, 0.29) is 25.7 Å². The molecule has 0 saturated heterocycles. The molecule has 0 atom stereocenters. The van der Waals surface area contributed by atoms with Crippen LogP contribution in [0, 0.1) is 6.92 Å². The first-order valence-electron chi connectivity index (χ1n) is 10.6. The zero-order valence-electron chi connectivity index (χ0n) is 18.4. The highest BCUT2D eigenvalue weighted by Gasteiger charge is 2.19. The lowest BCUT2D eigenvalue weighted by molar-refractivity contribution is -0.152. The molecule has 0 spiro atoms. The van der Waals surface area contributed by atoms with E-state index in [2.05, 4.69) is 5.32 Å². The second-order valence-corrected chi connectivity index (χ2v) is 7.53. The average molecular weight is 440 g/mol. The van der Waals surface area contributed by atoms with Gasteiger partial charge in [-0.1, -0.05) is 31.2 Å². The molecule has 1 heterocycles. The number of nitrogens with one attached hydrogen (secondary N) is 1. The van der Waals surface area contributed by atoms with Crippen molar-refractivity contribution in [2.24, 2.45) is 0 Å². The van der Waals surface area contributed by atoms with Crippen molar-refractivity contribution in [1.82, 2.24) is 4.90 Å². The third-order valence-electron chi connectivity index (χ3n) is 5.01. The summed E-state index contributed by atoms with van der Waals surface area (Å²) in [5.41, 5.74) is 2.56. The van der Waals surface area contributed by atoms with Crippen LogP contribution in [0.5, 0.6) is 11.5 Å². The van der Waals surface area contributed by atoms with Crippen molar-refractivity contribution in [2.75, 3.05) is 31.8 Å². The molecule has 170 valence electrons. The first-order valence-corrected chi connectivity index (χ1v) is 10.6. The van der Waals surface area contributed by atoms with E-state index in [1.165, 1.54) is 4.90 Å². The van der Waals surface area contributed by atoms with Crippen LogP contribution in [0.1, 0.15) is 30.9 Å². The molecule has 32 heavy (non-hydrogen) atoms. The number of hydrogen-bond donors (Lipinski definition) is 1. The van der Waals surface area contributed by atoms with Gasteiger partial charge in [0.2, 0.25) is 12.7 Å². The molecule has 8 heteroatoms. The van der Waals surface area contributed by atoms with E-state index >= 15 is 0 Å². The highest BCUT2D eigenvalue weighted by Crippen LogP contribution is 2.32. The molecule has 0 unspecified atom stereocenters. The van der Waals surface area contributed by atoms with Gasteiger partial charge < -0.3 is 24.4 Å². The van der Waals surface area contributed by atoms with Crippen molar-refractivity contribution in [3.63, 3.8) is 0 Å². The number of nitrogens with zero attached hydrogens (tertiary/aromatic N) is 1. The maximum Gasteiger partial charge on any atom is 0.306 e. The highest BCUT2D eigenvalue weighted by molar-refractivity contribution is 5.95. The Hall–Kier alpha value is -3.55. The molecule has 2 amide bonds. The summed E-state index contributed by atoms with van der Waals surface area (Å²) in [5, 5.41) is 2.82. The minimum absolute atomic E-state index is 0.101. The van der Waals surface area contributed by atoms with Gasteiger partial charge in [0, 0.05) is 18.7 Å². The fourth-order valence-electron chi connectivity index (χ4n) is 3.29. The van der Waals surface area contributed by atoms with E-state index in [1.54, 1.807) is 12.1 Å². The van der Waals surface area contributed by atoms with Crippen LogP contribution in [-0.2, 0) is 25.5 Å². The van der Waals surface area contributed by atoms with Crippen molar-refractivity contribution in [3.8, 4) is 11.5 Å². The quantitative estimate of drug-likeness (QED) is 0.571. The van der Waals surface area contributed by atoms with Crippen LogP contribution in [-0.4, -0.2) is 49.2 Å². The molecule has 0 radical (unpaired) electrons. The molecular weight excluding hydrogens is 412 g/mol. The fourth-order valence-corrected chi connectivity index (χ4v) is 3.29. The molecule has 0 aromatic heterocycles. The zero-order valence-corrected chi connectivity index (χ0v) is 18.4. The van der Waals surface area contributed by atoms with Crippen LogP contribution in [0.3, 0.4) is 0 Å². The molecule has 1 N–H and O–H groups in total. The Kier molecular flexibility index (Phi) is 8.08. The smallest absolute Gasteiger partial charge is 0.306 e. The number of anilines is 1. The monoisotopic (exact) mass is 440 g/mol. The van der Waals surface area contributed by atoms with E-state index in [4.69, 9.17) is 14.2 Å². The van der Waals surface area contributed by atoms with E-state index in [9.17, 15) is 14.4 Å². The molecular formula is C24H28N2O6. The predicted molar refractivity (Wildman–Crippen MR) is 119 cm³/mol. The van der Waals surface area contributed by atoms with Gasteiger partial charge in [0.05, 0.1) is 6.54 Å². The van der Waals surface area contributed by atoms with Gasteiger partial charge in [0.25, 0.3) is 5.91 Å². The maximum absolute atomic E-state index is 12.5. The Balaban J connectivity index is 1.44. The number of hydrogen-bond acceptors (Lipinski definition) is 6. The molecule has 0 saturated carbocycles. The maximum atomic E-state index is 12.5. The van der Waals surface area contributed by atoms with Gasteiger partial charge in [-0.25, -0.2) is 0 Å². The molecule has 1 aliphatic rings. The van der Waals surface area contributed by atoms with Crippen molar-refractivity contribution in [2.45, 2.75) is 33.1 Å². The van der Waals surface area contributed by atoms with Gasteiger partial charge >= 0.3 is 5.97 Å². The van der Waals surface area contributed by atoms with E-state index in [0.29, 0.717) is 36.6 Å². The summed E-state index contributed by atoms with van der Waals surface area (Å²) in [4.78, 5) is 38.4. The van der Waals surface area contributed by atoms with Gasteiger partial charge in [0.15, 0.2) is 18.1 Å². The van der Waals surface area contributed by atoms with Gasteiger partial charge in [-0.3, -0.25) is 14.4 Å². The predicted octanol–water partition coefficient (Wildman–Crippen LogP) is 3.08. The molecule has 1 aliphatic heterocycles. The third-order valence-corrected chi connectivity index (χ3v) is 5.01. The normalized spacial score (nSPS) is 11.7. The first-order chi connectivity index (χ1) is 15.5. The number of amides is 2. The van der Waals surface area contributed by atoms with Crippen molar-refractivity contribution < 1.29 is 28.6 Å². The molecule has 2 aromatic carbocycles. The Morgan fingerprint density at radius 3 is 2.66 bits per heavy atom. The number of ether oxygens (including phenoxy) is 3. The Labute approximate surface area is 187 Å². The lowest BCUT2D eigenvalue weighted by Crippen LogP contribution is -2.40. The Morgan fingerprint density at radius 1 is 1.09 bits per heavy atom. The summed E-state index contributed by atoms with van der Waals surface area (Å²) in [6.45, 7) is 3.91. The number of para-hydroxylation sites is 1. The number of fused-ring (bicyclic) bond motifs is 1. The van der Waals surface area contributed by atoms with Gasteiger partial charge in [-0.2, -0.15) is 0 Å². The summed E-state index contributed by atoms with van der Waals surface area (Å²) in [6.07, 6.45) is 1.27. The second-order valence-electron chi connectivity index (χ2n) is 7.53. The Morgan fingerprint density at radius 2 is 1.88 bits per heavy atom. The van der Waals surface area contributed by atoms with E-state index in [1.807, 2.05) is 44.2 Å². The van der Waals surface area contributed by atoms with Crippen molar-refractivity contribution in [3.05, 3.63) is 53.6 Å². The van der Waals surface area contributed by atoms with Crippen LogP contribution < -0.4 is 14.8 Å². The summed E-state index contributed by atoms with van der Waals surface area (Å²) in [6, 6.07) is 12.9. The van der Waals surface area contributed by atoms with Crippen LogP contribution in [0.2, 0.25) is 0 Å². The standard InChI is InChI=1S/C24H28N2O6/c1-3-12-26(14-22(27)25-19-7-5-4-6-17(19)2)23(28)15-30-24(29)11-9-18-8-10-20-21(13-18)32-16-31-20/h4-8,10,13H,3,9,11-12,14-16H2,1-2H3,(H,25,27). The average Bonchev–Trinajstić information content (AvgIpc) is 3.25. The lowest BCUT2D eigenvalue weighted by atomic mass is 10.1. The van der Waals surface area contributed by atoms with Gasteiger partial charge in [-0.15, -0.1) is 0 Å². The van der Waals surface area contributed by atoms with E-state index in [0.717, 1.165) is 11.1 Å². The minimum Gasteiger partial charge on any atom is -0.456 e. The van der Waals surface area contributed by atoms with Crippen LogP contribution >= 0.6 is 0 Å². The molecule has 3 rings (SSSR count). The van der Waals surface area contributed by atoms with Crippen molar-refractivity contribution in [1.29, 1.82) is 0 Å². The largest absolute Gasteiger partial charge is 0.456 e. The van der Waals surface area contributed by atoms with Gasteiger partial charge in [-0.05, 0) is 49.1 Å². The fraction of sp³-hybridized carbons (Fsp3) is 0.375. The number of carbonyl (C=O) groups excluding carboxylic acids is 3. The molecule has 8 nitrogen and oxygen atoms in total. The van der Waals surface area contributed by atoms with Crippen LogP contribution in [0.15, 0.2) is 42.5 Å². The first kappa shape index (κ1) is 23.1. The van der Waals surface area contributed by atoms with E-state index < -0.39 is 18.5 Å². The zero-order chi connectivity index (χ0) is 22.9. The van der Waals surface area contributed by atoms with Crippen LogP contribution in [0.4, 0.5) is 5.69 Å². The number of benzene rings is 2. The SMILES string of the molecule is CCCN(CC(=O)Nc1ccccc1C)C(=O)COC(=O)CCc1ccc2c(c1)OCO2. The van der Waals surface area contributed by atoms with Crippen LogP contribution in [0.25, 0.3) is 0 Å². The third kappa shape index (κ3) is 6.47. The number of esters is 1. The van der Waals surface area contributed by atoms with Gasteiger partial charge in [0.1, 0.15) is 0 Å².